The fraction of sp³-hybridized carbons (Fsp3) is 0.500. The summed E-state index contributed by atoms with van der Waals surface area (Å²) in [6, 6.07) is 5.49. The number of likely N-dealkylation sites (N-methyl/N-ethyl adjacent to an activating group) is 2. The van der Waals surface area contributed by atoms with Crippen LogP contribution in [0.2, 0.25) is 0 Å². The molecular formula is C20H28N2O3. The highest BCUT2D eigenvalue weighted by Crippen LogP contribution is 2.32. The van der Waals surface area contributed by atoms with Crippen LogP contribution in [-0.4, -0.2) is 55.7 Å². The van der Waals surface area contributed by atoms with E-state index in [4.69, 9.17) is 4.42 Å². The van der Waals surface area contributed by atoms with Crippen molar-refractivity contribution in [3.63, 3.8) is 0 Å². The molecule has 136 valence electrons. The maximum atomic E-state index is 13.0. The van der Waals surface area contributed by atoms with Gasteiger partial charge < -0.3 is 14.2 Å². The number of carbonyl (C=O) groups is 2. The molecule has 0 N–H and O–H groups in total. The van der Waals surface area contributed by atoms with Crippen LogP contribution >= 0.6 is 0 Å². The molecule has 0 atom stereocenters. The summed E-state index contributed by atoms with van der Waals surface area (Å²) in [5.74, 6) is 0.166. The molecule has 1 amide bonds. The number of rotatable bonds is 5. The molecule has 0 bridgehead atoms. The van der Waals surface area contributed by atoms with Crippen molar-refractivity contribution in [2.75, 3.05) is 34.2 Å². The second-order valence-corrected chi connectivity index (χ2v) is 7.88. The third-order valence-corrected chi connectivity index (χ3v) is 4.27. The molecule has 2 aromatic rings. The maximum Gasteiger partial charge on any atom is 0.254 e. The Morgan fingerprint density at radius 3 is 2.20 bits per heavy atom. The molecular weight excluding hydrogens is 316 g/mol. The monoisotopic (exact) mass is 344 g/mol. The number of benzene rings is 1. The van der Waals surface area contributed by atoms with E-state index in [9.17, 15) is 9.59 Å². The van der Waals surface area contributed by atoms with Gasteiger partial charge in [-0.1, -0.05) is 20.8 Å². The normalized spacial score (nSPS) is 12.0. The number of fused-ring (bicyclic) bond motifs is 1. The van der Waals surface area contributed by atoms with Crippen LogP contribution in [0.25, 0.3) is 11.0 Å². The Morgan fingerprint density at radius 2 is 1.68 bits per heavy atom. The highest BCUT2D eigenvalue weighted by Gasteiger charge is 2.25. The summed E-state index contributed by atoms with van der Waals surface area (Å²) in [5.41, 5.74) is 1.96. The summed E-state index contributed by atoms with van der Waals surface area (Å²) in [7, 11) is 5.78. The smallest absolute Gasteiger partial charge is 0.254 e. The fourth-order valence-corrected chi connectivity index (χ4v) is 2.72. The Kier molecular flexibility index (Phi) is 5.37. The van der Waals surface area contributed by atoms with Crippen LogP contribution < -0.4 is 0 Å². The molecule has 0 aliphatic carbocycles. The average molecular weight is 344 g/mol. The van der Waals surface area contributed by atoms with Crippen LogP contribution in [0.5, 0.6) is 0 Å². The van der Waals surface area contributed by atoms with Crippen molar-refractivity contribution in [2.45, 2.75) is 33.1 Å². The van der Waals surface area contributed by atoms with Gasteiger partial charge in [0.25, 0.3) is 5.91 Å². The Labute approximate surface area is 149 Å². The number of amides is 1. The first kappa shape index (κ1) is 19.2. The average Bonchev–Trinajstić information content (AvgIpc) is 2.93. The second kappa shape index (κ2) is 7.00. The molecule has 5 heteroatoms. The minimum absolute atomic E-state index is 0.0329. The van der Waals surface area contributed by atoms with Crippen LogP contribution in [-0.2, 0) is 5.41 Å². The summed E-state index contributed by atoms with van der Waals surface area (Å²) in [6.07, 6.45) is 0. The number of hydrogen-bond donors (Lipinski definition) is 0. The van der Waals surface area contributed by atoms with Crippen LogP contribution in [0.3, 0.4) is 0 Å². The number of furan rings is 1. The van der Waals surface area contributed by atoms with Crippen molar-refractivity contribution in [1.29, 1.82) is 0 Å². The van der Waals surface area contributed by atoms with E-state index in [1.807, 2.05) is 32.1 Å². The highest BCUT2D eigenvalue weighted by molar-refractivity contribution is 6.01. The van der Waals surface area contributed by atoms with E-state index in [0.29, 0.717) is 23.5 Å². The van der Waals surface area contributed by atoms with Gasteiger partial charge >= 0.3 is 0 Å². The van der Waals surface area contributed by atoms with Gasteiger partial charge in [0.2, 0.25) is 0 Å². The predicted molar refractivity (Wildman–Crippen MR) is 100 cm³/mol. The molecule has 0 fully saturated rings. The lowest BCUT2D eigenvalue weighted by Gasteiger charge is -2.26. The standard InChI is InChI=1S/C20H28N2O3/c1-13(23)17-11-14-10-16(20(2,3)4)15(12-18(14)25-17)19(24)22(7)9-8-21(5)6/h10-12H,8-9H2,1-7H3. The van der Waals surface area contributed by atoms with Crippen LogP contribution in [0.4, 0.5) is 0 Å². The largest absolute Gasteiger partial charge is 0.453 e. The molecule has 0 radical (unpaired) electrons. The zero-order valence-corrected chi connectivity index (χ0v) is 16.3. The fourth-order valence-electron chi connectivity index (χ4n) is 2.72. The van der Waals surface area contributed by atoms with Crippen molar-refractivity contribution < 1.29 is 14.0 Å². The van der Waals surface area contributed by atoms with Gasteiger partial charge in [0.1, 0.15) is 5.58 Å². The number of Topliss-reactive ketones (excluding diaryl/α,β-unsaturated/α-hetero) is 1. The van der Waals surface area contributed by atoms with Gasteiger partial charge in [-0.3, -0.25) is 9.59 Å². The second-order valence-electron chi connectivity index (χ2n) is 7.88. The number of nitrogens with zero attached hydrogens (tertiary/aromatic N) is 2. The van der Waals surface area contributed by atoms with Gasteiger partial charge in [-0.25, -0.2) is 0 Å². The molecule has 1 heterocycles. The lowest BCUT2D eigenvalue weighted by Crippen LogP contribution is -2.34. The molecule has 1 aromatic heterocycles. The zero-order chi connectivity index (χ0) is 18.9. The Balaban J connectivity index is 2.52. The SMILES string of the molecule is CC(=O)c1cc2cc(C(C)(C)C)c(C(=O)N(C)CCN(C)C)cc2o1. The first-order valence-corrected chi connectivity index (χ1v) is 8.50. The molecule has 0 spiro atoms. The van der Waals surface area contributed by atoms with E-state index >= 15 is 0 Å². The van der Waals surface area contributed by atoms with Crippen LogP contribution in [0, 0.1) is 0 Å². The molecule has 5 nitrogen and oxygen atoms in total. The van der Waals surface area contributed by atoms with Gasteiger partial charge in [0.15, 0.2) is 11.5 Å². The van der Waals surface area contributed by atoms with E-state index in [0.717, 1.165) is 17.5 Å². The lowest BCUT2D eigenvalue weighted by atomic mass is 9.82. The van der Waals surface area contributed by atoms with Gasteiger partial charge in [-0.15, -0.1) is 0 Å². The van der Waals surface area contributed by atoms with Crippen molar-refractivity contribution >= 4 is 22.7 Å². The van der Waals surface area contributed by atoms with Crippen molar-refractivity contribution in [3.05, 3.63) is 35.1 Å². The third-order valence-electron chi connectivity index (χ3n) is 4.27. The van der Waals surface area contributed by atoms with Crippen LogP contribution in [0.15, 0.2) is 22.6 Å². The van der Waals surface area contributed by atoms with Crippen LogP contribution in [0.1, 0.15) is 54.2 Å². The molecule has 1 aromatic carbocycles. The van der Waals surface area contributed by atoms with Crippen molar-refractivity contribution in [2.24, 2.45) is 0 Å². The first-order chi connectivity index (χ1) is 11.5. The molecule has 0 aliphatic heterocycles. The summed E-state index contributed by atoms with van der Waals surface area (Å²) in [5, 5.41) is 0.850. The molecule has 25 heavy (non-hydrogen) atoms. The summed E-state index contributed by atoms with van der Waals surface area (Å²) in [4.78, 5) is 28.4. The van der Waals surface area contributed by atoms with E-state index < -0.39 is 0 Å². The van der Waals surface area contributed by atoms with E-state index in [2.05, 4.69) is 20.8 Å². The van der Waals surface area contributed by atoms with Crippen molar-refractivity contribution in [1.82, 2.24) is 9.80 Å². The lowest BCUT2D eigenvalue weighted by molar-refractivity contribution is 0.0783. The zero-order valence-electron chi connectivity index (χ0n) is 16.3. The quantitative estimate of drug-likeness (QED) is 0.778. The number of carbonyl (C=O) groups excluding carboxylic acids is 2. The van der Waals surface area contributed by atoms with Gasteiger partial charge in [-0.05, 0) is 43.3 Å². The third kappa shape index (κ3) is 4.28. The molecule has 0 aliphatic rings. The summed E-state index contributed by atoms with van der Waals surface area (Å²) in [6.45, 7) is 9.16. The number of ketones is 1. The topological polar surface area (TPSA) is 53.8 Å². The highest BCUT2D eigenvalue weighted by atomic mass is 16.3. The molecule has 2 rings (SSSR count). The van der Waals surface area contributed by atoms with Gasteiger partial charge in [0.05, 0.1) is 0 Å². The first-order valence-electron chi connectivity index (χ1n) is 8.50. The summed E-state index contributed by atoms with van der Waals surface area (Å²) < 4.78 is 5.64. The number of hydrogen-bond acceptors (Lipinski definition) is 4. The van der Waals surface area contributed by atoms with Gasteiger partial charge in [0, 0.05) is 38.0 Å². The van der Waals surface area contributed by atoms with E-state index in [1.165, 1.54) is 6.92 Å². The van der Waals surface area contributed by atoms with Crippen molar-refractivity contribution in [3.8, 4) is 0 Å². The van der Waals surface area contributed by atoms with Gasteiger partial charge in [-0.2, -0.15) is 0 Å². The molecule has 0 saturated heterocycles. The minimum Gasteiger partial charge on any atom is -0.453 e. The Hall–Kier alpha value is -2.14. The van der Waals surface area contributed by atoms with E-state index in [-0.39, 0.29) is 17.1 Å². The minimum atomic E-state index is -0.199. The molecule has 0 unspecified atom stereocenters. The molecule has 0 saturated carbocycles. The summed E-state index contributed by atoms with van der Waals surface area (Å²) >= 11 is 0. The van der Waals surface area contributed by atoms with E-state index in [1.54, 1.807) is 17.0 Å². The predicted octanol–water partition coefficient (Wildman–Crippen LogP) is 3.57. The maximum absolute atomic E-state index is 13.0. The Bertz CT molecular complexity index is 797. The Morgan fingerprint density at radius 1 is 1.04 bits per heavy atom.